The summed E-state index contributed by atoms with van der Waals surface area (Å²) in [5.41, 5.74) is 0. The molecule has 0 aliphatic rings. The molecule has 3 N–H and O–H groups in total. The number of phosphoric ester groups is 1. The molecule has 3 unspecified atom stereocenters. The van der Waals surface area contributed by atoms with Crippen LogP contribution in [0.5, 0.6) is 0 Å². The van der Waals surface area contributed by atoms with E-state index in [1.165, 1.54) is 109 Å². The van der Waals surface area contributed by atoms with E-state index >= 15 is 0 Å². The van der Waals surface area contributed by atoms with Gasteiger partial charge in [0.25, 0.3) is 0 Å². The Bertz CT molecular complexity index is 1040. The number of phosphoric acid groups is 1. The molecule has 0 radical (unpaired) electrons. The van der Waals surface area contributed by atoms with E-state index in [1.54, 1.807) is 0 Å². The van der Waals surface area contributed by atoms with Crippen molar-refractivity contribution >= 4 is 13.8 Å². The van der Waals surface area contributed by atoms with Gasteiger partial charge in [-0.1, -0.05) is 178 Å². The Morgan fingerprint density at radius 1 is 0.534 bits per heavy atom. The molecular formula is C48H89O9P. The molecule has 3 atom stereocenters. The first-order valence-electron chi connectivity index (χ1n) is 23.6. The molecule has 0 aliphatic heterocycles. The molecule has 0 amide bonds. The number of carbonyl (C=O) groups is 1. The molecule has 0 bridgehead atoms. The molecule has 58 heavy (non-hydrogen) atoms. The van der Waals surface area contributed by atoms with Crippen LogP contribution in [0.4, 0.5) is 0 Å². The van der Waals surface area contributed by atoms with E-state index in [2.05, 4.69) is 62.5 Å². The van der Waals surface area contributed by atoms with E-state index in [-0.39, 0.29) is 19.6 Å². The Hall–Kier alpha value is -1.58. The van der Waals surface area contributed by atoms with Gasteiger partial charge < -0.3 is 24.6 Å². The Balaban J connectivity index is 4.05. The number of allylic oxidation sites excluding steroid dienone is 8. The second-order valence-corrected chi connectivity index (χ2v) is 17.2. The van der Waals surface area contributed by atoms with Gasteiger partial charge in [0, 0.05) is 13.0 Å². The van der Waals surface area contributed by atoms with Gasteiger partial charge in [0.15, 0.2) is 0 Å². The molecule has 10 heteroatoms. The van der Waals surface area contributed by atoms with Gasteiger partial charge in [0.1, 0.15) is 12.2 Å². The highest BCUT2D eigenvalue weighted by molar-refractivity contribution is 7.47. The summed E-state index contributed by atoms with van der Waals surface area (Å²) in [6.45, 7) is 3.43. The quantitative estimate of drug-likeness (QED) is 0.0237. The van der Waals surface area contributed by atoms with Gasteiger partial charge in [-0.25, -0.2) is 4.57 Å². The van der Waals surface area contributed by atoms with Crippen LogP contribution in [0.15, 0.2) is 48.6 Å². The number of aliphatic hydroxyl groups excluding tert-OH is 2. The summed E-state index contributed by atoms with van der Waals surface area (Å²) in [6.07, 6.45) is 50.8. The van der Waals surface area contributed by atoms with Crippen molar-refractivity contribution in [2.45, 2.75) is 219 Å². The average Bonchev–Trinajstić information content (AvgIpc) is 3.21. The van der Waals surface area contributed by atoms with E-state index in [0.717, 1.165) is 70.6 Å². The third kappa shape index (κ3) is 44.0. The van der Waals surface area contributed by atoms with E-state index in [4.69, 9.17) is 23.6 Å². The highest BCUT2D eigenvalue weighted by Crippen LogP contribution is 2.43. The van der Waals surface area contributed by atoms with Gasteiger partial charge in [-0.3, -0.25) is 13.8 Å². The van der Waals surface area contributed by atoms with Crippen molar-refractivity contribution in [1.29, 1.82) is 0 Å². The molecule has 0 spiro atoms. The minimum atomic E-state index is -4.52. The van der Waals surface area contributed by atoms with Crippen LogP contribution in [-0.2, 0) is 27.9 Å². The molecule has 0 heterocycles. The van der Waals surface area contributed by atoms with Crippen LogP contribution in [-0.4, -0.2) is 66.3 Å². The normalized spacial score (nSPS) is 14.4. The van der Waals surface area contributed by atoms with Crippen molar-refractivity contribution in [2.75, 3.05) is 33.0 Å². The third-order valence-corrected chi connectivity index (χ3v) is 10.9. The summed E-state index contributed by atoms with van der Waals surface area (Å²) in [4.78, 5) is 22.6. The molecule has 0 aromatic carbocycles. The Morgan fingerprint density at radius 3 is 1.45 bits per heavy atom. The van der Waals surface area contributed by atoms with Crippen molar-refractivity contribution < 1.29 is 43.0 Å². The number of ether oxygens (including phenoxy) is 2. The summed E-state index contributed by atoms with van der Waals surface area (Å²) in [6, 6.07) is 0. The lowest BCUT2D eigenvalue weighted by atomic mass is 10.0. The molecule has 9 nitrogen and oxygen atoms in total. The lowest BCUT2D eigenvalue weighted by Crippen LogP contribution is -2.29. The van der Waals surface area contributed by atoms with Gasteiger partial charge in [-0.05, 0) is 70.6 Å². The van der Waals surface area contributed by atoms with Crippen molar-refractivity contribution in [2.24, 2.45) is 0 Å². The fourth-order valence-corrected chi connectivity index (χ4v) is 7.15. The van der Waals surface area contributed by atoms with Crippen LogP contribution in [0.3, 0.4) is 0 Å². The van der Waals surface area contributed by atoms with Crippen molar-refractivity contribution in [3.8, 4) is 0 Å². The third-order valence-electron chi connectivity index (χ3n) is 9.97. The van der Waals surface area contributed by atoms with Crippen molar-refractivity contribution in [3.05, 3.63) is 48.6 Å². The van der Waals surface area contributed by atoms with E-state index in [1.807, 2.05) is 0 Å². The fraction of sp³-hybridized carbons (Fsp3) is 0.812. The van der Waals surface area contributed by atoms with Gasteiger partial charge >= 0.3 is 13.8 Å². The van der Waals surface area contributed by atoms with Gasteiger partial charge in [0.05, 0.1) is 26.4 Å². The Kier molecular flexibility index (Phi) is 43.7. The van der Waals surface area contributed by atoms with E-state index < -0.39 is 39.2 Å². The lowest BCUT2D eigenvalue weighted by molar-refractivity contribution is -0.154. The first kappa shape index (κ1) is 56.4. The molecule has 0 aromatic heterocycles. The minimum Gasteiger partial charge on any atom is -0.457 e. The highest BCUT2D eigenvalue weighted by Gasteiger charge is 2.26. The number of aliphatic hydroxyl groups is 2. The molecule has 0 aliphatic carbocycles. The van der Waals surface area contributed by atoms with Crippen molar-refractivity contribution in [1.82, 2.24) is 0 Å². The van der Waals surface area contributed by atoms with Crippen molar-refractivity contribution in [3.63, 3.8) is 0 Å². The second kappa shape index (κ2) is 45.0. The van der Waals surface area contributed by atoms with Gasteiger partial charge in [-0.15, -0.1) is 0 Å². The fourth-order valence-electron chi connectivity index (χ4n) is 6.37. The standard InChI is InChI=1S/C48H89O9P/c1-3-5-7-9-11-13-15-17-18-19-20-21-22-23-24-25-26-27-29-31-33-35-37-39-41-54-44-47(45-56-58(52,53)55-43-46(50)42-49)57-48(51)40-38-36-34-32-30-28-16-14-12-10-8-6-4-2/h8,10,14-17,19-20,46-47,49-50H,3-7,9,11-13,18,21-45H2,1-2H3,(H,52,53)/b10-8-,16-14-,17-15-,20-19-. The maximum Gasteiger partial charge on any atom is 0.472 e. The minimum absolute atomic E-state index is 0.0422. The van der Waals surface area contributed by atoms with E-state index in [0.29, 0.717) is 13.0 Å². The Labute approximate surface area is 356 Å². The smallest absolute Gasteiger partial charge is 0.457 e. The summed E-state index contributed by atoms with van der Waals surface area (Å²) in [5.74, 6) is -0.397. The van der Waals surface area contributed by atoms with Crippen LogP contribution in [0, 0.1) is 0 Å². The molecule has 0 fully saturated rings. The zero-order valence-electron chi connectivity index (χ0n) is 37.3. The number of esters is 1. The predicted molar refractivity (Wildman–Crippen MR) is 242 cm³/mol. The number of hydrogen-bond donors (Lipinski definition) is 3. The van der Waals surface area contributed by atoms with Crippen LogP contribution in [0.25, 0.3) is 0 Å². The topological polar surface area (TPSA) is 132 Å². The first-order chi connectivity index (χ1) is 28.3. The van der Waals surface area contributed by atoms with Crippen LogP contribution in [0.2, 0.25) is 0 Å². The Morgan fingerprint density at radius 2 is 0.966 bits per heavy atom. The number of carbonyl (C=O) groups excluding carboxylic acids is 1. The molecule has 0 aromatic rings. The number of hydrogen-bond acceptors (Lipinski definition) is 8. The van der Waals surface area contributed by atoms with E-state index in [9.17, 15) is 19.4 Å². The summed E-state index contributed by atoms with van der Waals surface area (Å²) in [7, 11) is -4.52. The number of unbranched alkanes of at least 4 members (excludes halogenated alkanes) is 23. The maximum absolute atomic E-state index is 12.6. The average molecular weight is 841 g/mol. The largest absolute Gasteiger partial charge is 0.472 e. The second-order valence-electron chi connectivity index (χ2n) is 15.8. The first-order valence-corrected chi connectivity index (χ1v) is 25.1. The lowest BCUT2D eigenvalue weighted by Gasteiger charge is -2.20. The SMILES string of the molecule is CCC/C=C\C/C=C\CCCCCCCC(=O)OC(COCCCCCCCCCCCCCC/C=C\C/C=C\CCCCCCC)COP(=O)(O)OCC(O)CO. The molecule has 0 rings (SSSR count). The monoisotopic (exact) mass is 841 g/mol. The van der Waals surface area contributed by atoms with Crippen LogP contribution in [0.1, 0.15) is 206 Å². The zero-order valence-corrected chi connectivity index (χ0v) is 38.2. The van der Waals surface area contributed by atoms with Crippen LogP contribution < -0.4 is 0 Å². The number of rotatable bonds is 45. The predicted octanol–water partition coefficient (Wildman–Crippen LogP) is 13.4. The summed E-state index contributed by atoms with van der Waals surface area (Å²) < 4.78 is 33.4. The zero-order chi connectivity index (χ0) is 42.5. The summed E-state index contributed by atoms with van der Waals surface area (Å²) >= 11 is 0. The highest BCUT2D eigenvalue weighted by atomic mass is 31.2. The van der Waals surface area contributed by atoms with Crippen LogP contribution >= 0.6 is 7.82 Å². The van der Waals surface area contributed by atoms with Gasteiger partial charge in [-0.2, -0.15) is 0 Å². The van der Waals surface area contributed by atoms with Gasteiger partial charge in [0.2, 0.25) is 0 Å². The summed E-state index contributed by atoms with van der Waals surface area (Å²) in [5, 5.41) is 18.4. The molecule has 0 saturated carbocycles. The molecule has 0 saturated heterocycles. The molecular weight excluding hydrogens is 751 g/mol. The maximum atomic E-state index is 12.6. The molecule has 340 valence electrons.